The van der Waals surface area contributed by atoms with E-state index in [4.69, 9.17) is 5.73 Å². The highest BCUT2D eigenvalue weighted by Gasteiger charge is 2.23. The minimum Gasteiger partial charge on any atom is -0.373 e. The van der Waals surface area contributed by atoms with Crippen molar-refractivity contribution in [3.05, 3.63) is 66.4 Å². The molecular weight excluding hydrogens is 262 g/mol. The predicted molar refractivity (Wildman–Crippen MR) is 85.0 cm³/mol. The van der Waals surface area contributed by atoms with Crippen LogP contribution in [0, 0.1) is 0 Å². The van der Waals surface area contributed by atoms with Crippen molar-refractivity contribution in [3.8, 4) is 0 Å². The molecule has 2 heterocycles. The number of amides is 1. The SMILES string of the molecule is NC(=O)C1Cc2ccccc2N1.c1ccc2[nH]ccc2c1. The van der Waals surface area contributed by atoms with Crippen LogP contribution in [0.2, 0.25) is 0 Å². The van der Waals surface area contributed by atoms with Crippen LogP contribution < -0.4 is 11.1 Å². The van der Waals surface area contributed by atoms with Gasteiger partial charge in [-0.2, -0.15) is 0 Å². The first-order chi connectivity index (χ1) is 10.2. The first-order valence-corrected chi connectivity index (χ1v) is 6.90. The molecule has 4 heteroatoms. The summed E-state index contributed by atoms with van der Waals surface area (Å²) in [6, 6.07) is 17.9. The number of carbonyl (C=O) groups is 1. The van der Waals surface area contributed by atoms with Crippen molar-refractivity contribution < 1.29 is 4.79 Å². The molecule has 4 N–H and O–H groups in total. The average Bonchev–Trinajstić information content (AvgIpc) is 3.14. The Morgan fingerprint density at radius 2 is 1.81 bits per heavy atom. The monoisotopic (exact) mass is 279 g/mol. The number of carbonyl (C=O) groups excluding carboxylic acids is 1. The van der Waals surface area contributed by atoms with Crippen LogP contribution >= 0.6 is 0 Å². The lowest BCUT2D eigenvalue weighted by Gasteiger charge is -2.04. The van der Waals surface area contributed by atoms with Crippen LogP contribution in [-0.4, -0.2) is 16.9 Å². The van der Waals surface area contributed by atoms with Gasteiger partial charge in [0, 0.05) is 23.8 Å². The number of benzene rings is 2. The molecule has 0 radical (unpaired) electrons. The van der Waals surface area contributed by atoms with E-state index >= 15 is 0 Å². The van der Waals surface area contributed by atoms with Gasteiger partial charge < -0.3 is 16.0 Å². The Hall–Kier alpha value is -2.75. The Kier molecular flexibility index (Phi) is 3.60. The van der Waals surface area contributed by atoms with E-state index in [9.17, 15) is 4.79 Å². The number of hydrogen-bond donors (Lipinski definition) is 3. The van der Waals surface area contributed by atoms with Gasteiger partial charge in [-0.25, -0.2) is 0 Å². The van der Waals surface area contributed by atoms with E-state index in [0.29, 0.717) is 6.42 Å². The normalized spacial score (nSPS) is 15.7. The Morgan fingerprint density at radius 1 is 1.05 bits per heavy atom. The second-order valence-corrected chi connectivity index (χ2v) is 5.03. The van der Waals surface area contributed by atoms with Crippen LogP contribution in [-0.2, 0) is 11.2 Å². The molecule has 1 aliphatic heterocycles. The number of nitrogens with two attached hydrogens (primary N) is 1. The number of hydrogen-bond acceptors (Lipinski definition) is 2. The molecule has 0 bridgehead atoms. The standard InChI is InChI=1S/C9H10N2O.C8H7N/c10-9(12)8-5-6-3-1-2-4-7(6)11-8;1-2-4-8-7(3-1)5-6-9-8/h1-4,8,11H,5H2,(H2,10,12);1-6,9H. The van der Waals surface area contributed by atoms with Crippen LogP contribution in [0.25, 0.3) is 10.9 Å². The summed E-state index contributed by atoms with van der Waals surface area (Å²) in [5, 5.41) is 4.33. The van der Waals surface area contributed by atoms with Crippen molar-refractivity contribution in [1.82, 2.24) is 4.98 Å². The third-order valence-electron chi connectivity index (χ3n) is 3.58. The summed E-state index contributed by atoms with van der Waals surface area (Å²) in [5.74, 6) is -0.286. The molecule has 3 aromatic rings. The fraction of sp³-hybridized carbons (Fsp3) is 0.118. The average molecular weight is 279 g/mol. The summed E-state index contributed by atoms with van der Waals surface area (Å²) in [6.07, 6.45) is 2.66. The molecule has 0 fully saturated rings. The zero-order chi connectivity index (χ0) is 14.7. The molecule has 4 nitrogen and oxygen atoms in total. The molecule has 106 valence electrons. The van der Waals surface area contributed by atoms with Gasteiger partial charge in [0.05, 0.1) is 0 Å². The van der Waals surface area contributed by atoms with E-state index in [1.54, 1.807) is 0 Å². The highest BCUT2D eigenvalue weighted by atomic mass is 16.1. The number of para-hydroxylation sites is 2. The summed E-state index contributed by atoms with van der Waals surface area (Å²) in [4.78, 5) is 13.9. The fourth-order valence-electron chi connectivity index (χ4n) is 2.46. The maximum Gasteiger partial charge on any atom is 0.240 e. The number of fused-ring (bicyclic) bond motifs is 2. The van der Waals surface area contributed by atoms with Crippen LogP contribution in [0.3, 0.4) is 0 Å². The Morgan fingerprint density at radius 3 is 2.57 bits per heavy atom. The van der Waals surface area contributed by atoms with E-state index in [2.05, 4.69) is 28.5 Å². The van der Waals surface area contributed by atoms with E-state index < -0.39 is 0 Å². The summed E-state index contributed by atoms with van der Waals surface area (Å²) < 4.78 is 0. The first kappa shape index (κ1) is 13.2. The van der Waals surface area contributed by atoms with Crippen molar-refractivity contribution in [2.24, 2.45) is 5.73 Å². The second-order valence-electron chi connectivity index (χ2n) is 5.03. The predicted octanol–water partition coefficient (Wildman–Crippen LogP) is 2.68. The molecule has 2 aromatic carbocycles. The van der Waals surface area contributed by atoms with Crippen LogP contribution in [0.1, 0.15) is 5.56 Å². The summed E-state index contributed by atoms with van der Waals surface area (Å²) in [7, 11) is 0. The van der Waals surface area contributed by atoms with Gasteiger partial charge in [-0.3, -0.25) is 4.79 Å². The number of H-pyrrole nitrogens is 1. The number of aromatic amines is 1. The number of aromatic nitrogens is 1. The minimum absolute atomic E-state index is 0.220. The lowest BCUT2D eigenvalue weighted by Crippen LogP contribution is -2.33. The number of anilines is 1. The summed E-state index contributed by atoms with van der Waals surface area (Å²) >= 11 is 0. The lowest BCUT2D eigenvalue weighted by atomic mass is 10.1. The second kappa shape index (κ2) is 5.71. The van der Waals surface area contributed by atoms with Crippen molar-refractivity contribution in [1.29, 1.82) is 0 Å². The maximum atomic E-state index is 10.8. The van der Waals surface area contributed by atoms with Gasteiger partial charge in [0.15, 0.2) is 0 Å². The van der Waals surface area contributed by atoms with E-state index in [-0.39, 0.29) is 11.9 Å². The zero-order valence-electron chi connectivity index (χ0n) is 11.5. The highest BCUT2D eigenvalue weighted by Crippen LogP contribution is 2.24. The molecule has 1 unspecified atom stereocenters. The Balaban J connectivity index is 0.000000131. The molecule has 1 amide bonds. The lowest BCUT2D eigenvalue weighted by molar-refractivity contribution is -0.118. The number of rotatable bonds is 1. The van der Waals surface area contributed by atoms with E-state index in [1.807, 2.05) is 42.6 Å². The van der Waals surface area contributed by atoms with Crippen molar-refractivity contribution in [2.45, 2.75) is 12.5 Å². The van der Waals surface area contributed by atoms with Crippen LogP contribution in [0.5, 0.6) is 0 Å². The first-order valence-electron chi connectivity index (χ1n) is 6.90. The van der Waals surface area contributed by atoms with Crippen LogP contribution in [0.15, 0.2) is 60.8 Å². The van der Waals surface area contributed by atoms with Crippen molar-refractivity contribution in [2.75, 3.05) is 5.32 Å². The molecule has 1 atom stereocenters. The quantitative estimate of drug-likeness (QED) is 0.641. The molecular formula is C17H17N3O. The Bertz CT molecular complexity index is 708. The van der Waals surface area contributed by atoms with Gasteiger partial charge in [0.2, 0.25) is 5.91 Å². The highest BCUT2D eigenvalue weighted by molar-refractivity contribution is 5.85. The Labute approximate surface area is 123 Å². The molecule has 0 saturated heterocycles. The molecule has 4 rings (SSSR count). The molecule has 0 aliphatic carbocycles. The number of primary amides is 1. The van der Waals surface area contributed by atoms with Crippen LogP contribution in [0.4, 0.5) is 5.69 Å². The van der Waals surface area contributed by atoms with Gasteiger partial charge in [0.1, 0.15) is 6.04 Å². The van der Waals surface area contributed by atoms with Crippen molar-refractivity contribution >= 4 is 22.5 Å². The largest absolute Gasteiger partial charge is 0.373 e. The third kappa shape index (κ3) is 2.89. The number of nitrogens with one attached hydrogen (secondary N) is 2. The van der Waals surface area contributed by atoms with E-state index in [0.717, 1.165) is 5.69 Å². The molecule has 1 aliphatic rings. The fourth-order valence-corrected chi connectivity index (χ4v) is 2.46. The van der Waals surface area contributed by atoms with Gasteiger partial charge >= 0.3 is 0 Å². The molecule has 1 aromatic heterocycles. The van der Waals surface area contributed by atoms with Gasteiger partial charge in [-0.15, -0.1) is 0 Å². The zero-order valence-corrected chi connectivity index (χ0v) is 11.5. The summed E-state index contributed by atoms with van der Waals surface area (Å²) in [5.41, 5.74) is 8.58. The third-order valence-corrected chi connectivity index (χ3v) is 3.58. The molecule has 0 saturated carbocycles. The maximum absolute atomic E-state index is 10.8. The van der Waals surface area contributed by atoms with Gasteiger partial charge in [-0.05, 0) is 29.1 Å². The summed E-state index contributed by atoms with van der Waals surface area (Å²) in [6.45, 7) is 0. The van der Waals surface area contributed by atoms with E-state index in [1.165, 1.54) is 16.5 Å². The van der Waals surface area contributed by atoms with Gasteiger partial charge in [-0.1, -0.05) is 36.4 Å². The smallest absolute Gasteiger partial charge is 0.240 e. The topological polar surface area (TPSA) is 70.9 Å². The van der Waals surface area contributed by atoms with Gasteiger partial charge in [0.25, 0.3) is 0 Å². The molecule has 21 heavy (non-hydrogen) atoms. The molecule has 0 spiro atoms. The van der Waals surface area contributed by atoms with Crippen molar-refractivity contribution in [3.63, 3.8) is 0 Å². The minimum atomic E-state index is -0.286.